The van der Waals surface area contributed by atoms with Gasteiger partial charge in [-0.2, -0.15) is 0 Å². The summed E-state index contributed by atoms with van der Waals surface area (Å²) < 4.78 is 5.27. The lowest BCUT2D eigenvalue weighted by Gasteiger charge is -2.41. The predicted octanol–water partition coefficient (Wildman–Crippen LogP) is 5.63. The van der Waals surface area contributed by atoms with E-state index in [0.717, 1.165) is 28.3 Å². The molecular formula is C24H22N2O4S. The molecule has 1 heterocycles. The van der Waals surface area contributed by atoms with E-state index in [1.807, 2.05) is 59.5 Å². The van der Waals surface area contributed by atoms with E-state index < -0.39 is 4.92 Å². The predicted molar refractivity (Wildman–Crippen MR) is 122 cm³/mol. The third-order valence-corrected chi connectivity index (χ3v) is 6.71. The monoisotopic (exact) mass is 434 g/mol. The Labute approximate surface area is 185 Å². The number of piperidine rings is 1. The summed E-state index contributed by atoms with van der Waals surface area (Å²) in [4.78, 5) is 26.5. The average molecular weight is 435 g/mol. The standard InChI is InChI=1S/C24H22N2O4S/c1-30-20-11-7-18(8-12-20)25-23(27)16-15-22(24(25)17-5-3-2-4-6-17)31-21-13-9-19(10-14-21)26(28)29/h2-14,22,24H,15-16H2,1H3/t22-,24+/m1/s1. The summed E-state index contributed by atoms with van der Waals surface area (Å²) in [7, 11) is 1.62. The first-order valence-corrected chi connectivity index (χ1v) is 10.9. The Hall–Kier alpha value is -3.32. The van der Waals surface area contributed by atoms with Crippen LogP contribution in [0.4, 0.5) is 11.4 Å². The second-order valence-corrected chi connectivity index (χ2v) is 8.58. The maximum atomic E-state index is 13.1. The number of benzene rings is 3. The Kier molecular flexibility index (Phi) is 6.23. The largest absolute Gasteiger partial charge is 0.497 e. The van der Waals surface area contributed by atoms with Gasteiger partial charge in [-0.1, -0.05) is 30.3 Å². The highest BCUT2D eigenvalue weighted by atomic mass is 32.2. The number of rotatable bonds is 6. The number of methoxy groups -OCH3 is 1. The first kappa shape index (κ1) is 20.9. The minimum atomic E-state index is -0.397. The van der Waals surface area contributed by atoms with Gasteiger partial charge in [0, 0.05) is 34.4 Å². The van der Waals surface area contributed by atoms with E-state index in [9.17, 15) is 14.9 Å². The summed E-state index contributed by atoms with van der Waals surface area (Å²) in [6.45, 7) is 0. The number of thioether (sulfide) groups is 1. The molecule has 2 atom stereocenters. The zero-order valence-electron chi connectivity index (χ0n) is 17.0. The fraction of sp³-hybridized carbons (Fsp3) is 0.208. The maximum Gasteiger partial charge on any atom is 0.269 e. The molecule has 4 rings (SSSR count). The normalized spacial score (nSPS) is 18.6. The lowest BCUT2D eigenvalue weighted by atomic mass is 9.93. The third-order valence-electron chi connectivity index (χ3n) is 5.37. The Bertz CT molecular complexity index is 1060. The van der Waals surface area contributed by atoms with Gasteiger partial charge in [0.2, 0.25) is 5.91 Å². The summed E-state index contributed by atoms with van der Waals surface area (Å²) in [5, 5.41) is 11.1. The van der Waals surface area contributed by atoms with Crippen LogP contribution in [-0.4, -0.2) is 23.2 Å². The summed E-state index contributed by atoms with van der Waals surface area (Å²) in [5.41, 5.74) is 1.96. The number of hydrogen-bond acceptors (Lipinski definition) is 5. The number of nitro groups is 1. The van der Waals surface area contributed by atoms with Crippen LogP contribution in [0.25, 0.3) is 0 Å². The number of hydrogen-bond donors (Lipinski definition) is 0. The number of amides is 1. The van der Waals surface area contributed by atoms with E-state index in [1.54, 1.807) is 31.0 Å². The number of nitrogens with zero attached hydrogens (tertiary/aromatic N) is 2. The van der Waals surface area contributed by atoms with Gasteiger partial charge in [-0.15, -0.1) is 11.8 Å². The number of nitro benzene ring substituents is 1. The van der Waals surface area contributed by atoms with Crippen LogP contribution in [0.5, 0.6) is 5.75 Å². The number of ether oxygens (including phenoxy) is 1. The van der Waals surface area contributed by atoms with E-state index >= 15 is 0 Å². The van der Waals surface area contributed by atoms with E-state index in [-0.39, 0.29) is 22.9 Å². The van der Waals surface area contributed by atoms with Crippen molar-refractivity contribution in [3.63, 3.8) is 0 Å². The van der Waals surface area contributed by atoms with Crippen molar-refractivity contribution in [3.8, 4) is 5.75 Å². The molecule has 158 valence electrons. The minimum absolute atomic E-state index is 0.0719. The van der Waals surface area contributed by atoms with Crippen LogP contribution in [0, 0.1) is 10.1 Å². The smallest absolute Gasteiger partial charge is 0.269 e. The van der Waals surface area contributed by atoms with Crippen molar-refractivity contribution < 1.29 is 14.5 Å². The first-order valence-electron chi connectivity index (χ1n) is 9.99. The van der Waals surface area contributed by atoms with Crippen LogP contribution in [0.1, 0.15) is 24.4 Å². The van der Waals surface area contributed by atoms with Crippen LogP contribution in [0.15, 0.2) is 83.8 Å². The fourth-order valence-electron chi connectivity index (χ4n) is 3.87. The van der Waals surface area contributed by atoms with Crippen molar-refractivity contribution in [3.05, 3.63) is 94.5 Å². The first-order chi connectivity index (χ1) is 15.1. The van der Waals surface area contributed by atoms with Gasteiger partial charge in [-0.3, -0.25) is 14.9 Å². The molecule has 0 bridgehead atoms. The Balaban J connectivity index is 1.69. The summed E-state index contributed by atoms with van der Waals surface area (Å²) in [6.07, 6.45) is 1.17. The summed E-state index contributed by atoms with van der Waals surface area (Å²) in [5.74, 6) is 0.820. The topological polar surface area (TPSA) is 72.7 Å². The third kappa shape index (κ3) is 4.56. The van der Waals surface area contributed by atoms with Gasteiger partial charge in [0.1, 0.15) is 5.75 Å². The molecule has 31 heavy (non-hydrogen) atoms. The van der Waals surface area contributed by atoms with Crippen LogP contribution >= 0.6 is 11.8 Å². The number of carbonyl (C=O) groups excluding carboxylic acids is 1. The van der Waals surface area contributed by atoms with Crippen LogP contribution in [0.3, 0.4) is 0 Å². The highest BCUT2D eigenvalue weighted by Crippen LogP contribution is 2.44. The fourth-order valence-corrected chi connectivity index (χ4v) is 5.16. The minimum Gasteiger partial charge on any atom is -0.497 e. The van der Waals surface area contributed by atoms with Crippen molar-refractivity contribution in [2.24, 2.45) is 0 Å². The van der Waals surface area contributed by atoms with Gasteiger partial charge in [0.25, 0.3) is 5.69 Å². The van der Waals surface area contributed by atoms with E-state index in [4.69, 9.17) is 4.74 Å². The van der Waals surface area contributed by atoms with Crippen molar-refractivity contribution >= 4 is 29.0 Å². The average Bonchev–Trinajstić information content (AvgIpc) is 2.81. The molecule has 1 aliphatic heterocycles. The van der Waals surface area contributed by atoms with Gasteiger partial charge in [0.15, 0.2) is 0 Å². The number of anilines is 1. The molecule has 1 fully saturated rings. The molecule has 6 nitrogen and oxygen atoms in total. The molecule has 0 aliphatic carbocycles. The zero-order valence-corrected chi connectivity index (χ0v) is 17.8. The van der Waals surface area contributed by atoms with Crippen molar-refractivity contribution in [1.82, 2.24) is 0 Å². The molecule has 0 N–H and O–H groups in total. The molecule has 1 saturated heterocycles. The molecule has 0 radical (unpaired) electrons. The van der Waals surface area contributed by atoms with E-state index in [1.165, 1.54) is 12.1 Å². The molecule has 0 unspecified atom stereocenters. The van der Waals surface area contributed by atoms with E-state index in [0.29, 0.717) is 6.42 Å². The highest BCUT2D eigenvalue weighted by Gasteiger charge is 2.38. The summed E-state index contributed by atoms with van der Waals surface area (Å²) in [6, 6.07) is 24.0. The van der Waals surface area contributed by atoms with Crippen LogP contribution in [-0.2, 0) is 4.79 Å². The lowest BCUT2D eigenvalue weighted by molar-refractivity contribution is -0.384. The molecule has 1 amide bonds. The zero-order chi connectivity index (χ0) is 21.8. The highest BCUT2D eigenvalue weighted by molar-refractivity contribution is 8.00. The SMILES string of the molecule is COc1ccc(N2C(=O)CC[C@@H](Sc3ccc([N+](=O)[O-])cc3)[C@@H]2c2ccccc2)cc1. The molecule has 7 heteroatoms. The van der Waals surface area contributed by atoms with Gasteiger partial charge < -0.3 is 9.64 Å². The molecular weight excluding hydrogens is 412 g/mol. The quantitative estimate of drug-likeness (QED) is 0.371. The Morgan fingerprint density at radius 3 is 2.29 bits per heavy atom. The number of carbonyl (C=O) groups is 1. The molecule has 3 aromatic carbocycles. The van der Waals surface area contributed by atoms with Gasteiger partial charge in [0.05, 0.1) is 18.1 Å². The lowest BCUT2D eigenvalue weighted by Crippen LogP contribution is -2.44. The van der Waals surface area contributed by atoms with Gasteiger partial charge in [-0.25, -0.2) is 0 Å². The Morgan fingerprint density at radius 2 is 1.68 bits per heavy atom. The van der Waals surface area contributed by atoms with Gasteiger partial charge >= 0.3 is 0 Å². The van der Waals surface area contributed by atoms with Crippen molar-refractivity contribution in [1.29, 1.82) is 0 Å². The number of non-ortho nitro benzene ring substituents is 1. The summed E-state index contributed by atoms with van der Waals surface area (Å²) >= 11 is 1.65. The second-order valence-electron chi connectivity index (χ2n) is 7.26. The Morgan fingerprint density at radius 1 is 1.00 bits per heavy atom. The van der Waals surface area contributed by atoms with E-state index in [2.05, 4.69) is 0 Å². The molecule has 0 spiro atoms. The molecule has 0 aromatic heterocycles. The molecule has 0 saturated carbocycles. The van der Waals surface area contributed by atoms with Crippen LogP contribution in [0.2, 0.25) is 0 Å². The van der Waals surface area contributed by atoms with Crippen LogP contribution < -0.4 is 9.64 Å². The molecule has 1 aliphatic rings. The maximum absolute atomic E-state index is 13.1. The van der Waals surface area contributed by atoms with Gasteiger partial charge in [-0.05, 0) is 48.4 Å². The van der Waals surface area contributed by atoms with Crippen molar-refractivity contribution in [2.45, 2.75) is 29.0 Å². The second kappa shape index (κ2) is 9.22. The van der Waals surface area contributed by atoms with Crippen molar-refractivity contribution in [2.75, 3.05) is 12.0 Å². The molecule has 3 aromatic rings.